The third-order valence-electron chi connectivity index (χ3n) is 3.60. The van der Waals surface area contributed by atoms with Crippen LogP contribution in [0.1, 0.15) is 30.1 Å². The Bertz CT molecular complexity index is 671. The first-order chi connectivity index (χ1) is 11.2. The summed E-state index contributed by atoms with van der Waals surface area (Å²) in [5.41, 5.74) is 2.79. The lowest BCUT2D eigenvalue weighted by atomic mass is 10.2. The molecule has 1 unspecified atom stereocenters. The predicted molar refractivity (Wildman–Crippen MR) is 84.0 cm³/mol. The Morgan fingerprint density at radius 1 is 1.35 bits per heavy atom. The van der Waals surface area contributed by atoms with Crippen molar-refractivity contribution in [3.63, 3.8) is 0 Å². The number of carbonyl (C=O) groups excluding carboxylic acids is 1. The number of amides is 1. The van der Waals surface area contributed by atoms with Crippen molar-refractivity contribution in [2.24, 2.45) is 0 Å². The minimum absolute atomic E-state index is 0.0962. The van der Waals surface area contributed by atoms with Gasteiger partial charge >= 0.3 is 12.1 Å². The second-order valence-corrected chi connectivity index (χ2v) is 6.05. The highest BCUT2D eigenvalue weighted by molar-refractivity contribution is 7.07. The van der Waals surface area contributed by atoms with Gasteiger partial charge in [0, 0.05) is 11.4 Å². The first kappa shape index (κ1) is 15.5. The van der Waals surface area contributed by atoms with E-state index in [0.29, 0.717) is 5.69 Å². The van der Waals surface area contributed by atoms with Crippen LogP contribution in [-0.4, -0.2) is 33.1 Å². The molecule has 1 aromatic heterocycles. The summed E-state index contributed by atoms with van der Waals surface area (Å²) in [6, 6.07) is 8.10. The largest absolute Gasteiger partial charge is 0.479 e. The van der Waals surface area contributed by atoms with E-state index in [1.54, 1.807) is 10.9 Å². The quantitative estimate of drug-likeness (QED) is 0.879. The second kappa shape index (κ2) is 6.78. The van der Waals surface area contributed by atoms with E-state index in [1.807, 2.05) is 30.3 Å². The van der Waals surface area contributed by atoms with E-state index >= 15 is 0 Å². The molecular weight excluding hydrogens is 316 g/mol. The molecule has 1 atom stereocenters. The fourth-order valence-corrected chi connectivity index (χ4v) is 2.93. The summed E-state index contributed by atoms with van der Waals surface area (Å²) in [4.78, 5) is 29.5. The molecule has 0 spiro atoms. The zero-order valence-electron chi connectivity index (χ0n) is 12.3. The van der Waals surface area contributed by atoms with Crippen LogP contribution in [0.2, 0.25) is 0 Å². The molecule has 0 radical (unpaired) electrons. The molecule has 1 aliphatic carbocycles. The van der Waals surface area contributed by atoms with Gasteiger partial charge in [-0.05, 0) is 18.4 Å². The zero-order valence-corrected chi connectivity index (χ0v) is 13.1. The molecule has 3 rings (SSSR count). The molecule has 1 aliphatic rings. The van der Waals surface area contributed by atoms with Gasteiger partial charge in [0.15, 0.2) is 6.04 Å². The Labute approximate surface area is 137 Å². The van der Waals surface area contributed by atoms with Gasteiger partial charge in [0.1, 0.15) is 6.61 Å². The summed E-state index contributed by atoms with van der Waals surface area (Å²) in [6.45, 7) is 0.117. The Balaban J connectivity index is 1.75. The average molecular weight is 332 g/mol. The lowest BCUT2D eigenvalue weighted by molar-refractivity contribution is -0.143. The van der Waals surface area contributed by atoms with Gasteiger partial charge in [-0.15, -0.1) is 11.3 Å². The molecule has 23 heavy (non-hydrogen) atoms. The Kier molecular flexibility index (Phi) is 4.57. The molecule has 6 nitrogen and oxygen atoms in total. The number of ether oxygens (including phenoxy) is 1. The number of carboxylic acids is 1. The summed E-state index contributed by atoms with van der Waals surface area (Å²) in [6.07, 6.45) is 0.958. The number of aromatic nitrogens is 1. The zero-order chi connectivity index (χ0) is 16.2. The highest BCUT2D eigenvalue weighted by Crippen LogP contribution is 2.35. The van der Waals surface area contributed by atoms with E-state index in [9.17, 15) is 14.7 Å². The topological polar surface area (TPSA) is 79.7 Å². The van der Waals surface area contributed by atoms with Gasteiger partial charge < -0.3 is 9.84 Å². The molecule has 0 saturated heterocycles. The van der Waals surface area contributed by atoms with Crippen LogP contribution in [0.25, 0.3) is 0 Å². The van der Waals surface area contributed by atoms with Crippen molar-refractivity contribution in [3.05, 3.63) is 52.5 Å². The number of thiazole rings is 1. The SMILES string of the molecule is O=C(O)C(c1cscn1)N(C(=O)OCc1ccccc1)C1CC1. The van der Waals surface area contributed by atoms with Crippen LogP contribution in [0.5, 0.6) is 0 Å². The first-order valence-electron chi connectivity index (χ1n) is 7.26. The highest BCUT2D eigenvalue weighted by atomic mass is 32.1. The van der Waals surface area contributed by atoms with Crippen molar-refractivity contribution in [1.29, 1.82) is 0 Å². The van der Waals surface area contributed by atoms with Crippen LogP contribution in [0.15, 0.2) is 41.2 Å². The van der Waals surface area contributed by atoms with E-state index in [2.05, 4.69) is 4.98 Å². The number of nitrogens with zero attached hydrogens (tertiary/aromatic N) is 2. The first-order valence-corrected chi connectivity index (χ1v) is 8.21. The summed E-state index contributed by atoms with van der Waals surface area (Å²) >= 11 is 1.30. The van der Waals surface area contributed by atoms with Gasteiger partial charge in [-0.1, -0.05) is 30.3 Å². The lowest BCUT2D eigenvalue weighted by Crippen LogP contribution is -2.41. The molecule has 7 heteroatoms. The van der Waals surface area contributed by atoms with Crippen LogP contribution in [-0.2, 0) is 16.1 Å². The van der Waals surface area contributed by atoms with Crippen LogP contribution >= 0.6 is 11.3 Å². The average Bonchev–Trinajstić information content (AvgIpc) is 3.25. The van der Waals surface area contributed by atoms with E-state index in [1.165, 1.54) is 16.2 Å². The van der Waals surface area contributed by atoms with E-state index in [0.717, 1.165) is 18.4 Å². The Morgan fingerprint density at radius 3 is 2.65 bits per heavy atom. The van der Waals surface area contributed by atoms with Crippen molar-refractivity contribution < 1.29 is 19.4 Å². The van der Waals surface area contributed by atoms with Gasteiger partial charge in [0.05, 0.1) is 11.2 Å². The maximum absolute atomic E-state index is 12.5. The van der Waals surface area contributed by atoms with E-state index < -0.39 is 18.1 Å². The lowest BCUT2D eigenvalue weighted by Gasteiger charge is -2.27. The number of benzene rings is 1. The van der Waals surface area contributed by atoms with Crippen LogP contribution in [0.3, 0.4) is 0 Å². The standard InChI is InChI=1S/C16H16N2O4S/c19-15(20)14(13-9-23-10-17-13)18(12-6-7-12)16(21)22-8-11-4-2-1-3-5-11/h1-5,9-10,12,14H,6-8H2,(H,19,20). The molecule has 1 saturated carbocycles. The maximum Gasteiger partial charge on any atom is 0.411 e. The van der Waals surface area contributed by atoms with Crippen molar-refractivity contribution in [1.82, 2.24) is 9.88 Å². The van der Waals surface area contributed by atoms with Crippen LogP contribution < -0.4 is 0 Å². The Hall–Kier alpha value is -2.41. The van der Waals surface area contributed by atoms with Gasteiger partial charge in [-0.25, -0.2) is 14.6 Å². The minimum Gasteiger partial charge on any atom is -0.479 e. The molecule has 0 bridgehead atoms. The maximum atomic E-state index is 12.5. The van der Waals surface area contributed by atoms with Crippen LogP contribution in [0.4, 0.5) is 4.79 Å². The van der Waals surface area contributed by atoms with E-state index in [4.69, 9.17) is 4.74 Å². The monoisotopic (exact) mass is 332 g/mol. The number of rotatable bonds is 6. The molecule has 1 N–H and O–H groups in total. The van der Waals surface area contributed by atoms with Gasteiger partial charge in [0.2, 0.25) is 0 Å². The van der Waals surface area contributed by atoms with Crippen molar-refractivity contribution in [2.45, 2.75) is 31.5 Å². The molecule has 1 heterocycles. The summed E-state index contributed by atoms with van der Waals surface area (Å²) in [5.74, 6) is -1.10. The molecular formula is C16H16N2O4S. The van der Waals surface area contributed by atoms with Crippen molar-refractivity contribution in [2.75, 3.05) is 0 Å². The molecule has 1 aromatic carbocycles. The summed E-state index contributed by atoms with van der Waals surface area (Å²) < 4.78 is 5.32. The Morgan fingerprint density at radius 2 is 2.09 bits per heavy atom. The normalized spacial score (nSPS) is 15.0. The number of carboxylic acid groups (broad SMARTS) is 1. The third-order valence-corrected chi connectivity index (χ3v) is 4.20. The fraction of sp³-hybridized carbons (Fsp3) is 0.312. The highest BCUT2D eigenvalue weighted by Gasteiger charge is 2.43. The predicted octanol–water partition coefficient (Wildman–Crippen LogP) is 3.07. The summed E-state index contributed by atoms with van der Waals surface area (Å²) in [7, 11) is 0. The number of carbonyl (C=O) groups is 2. The third kappa shape index (κ3) is 3.68. The summed E-state index contributed by atoms with van der Waals surface area (Å²) in [5, 5.41) is 11.2. The van der Waals surface area contributed by atoms with E-state index in [-0.39, 0.29) is 12.6 Å². The second-order valence-electron chi connectivity index (χ2n) is 5.33. The molecule has 1 amide bonds. The van der Waals surface area contributed by atoms with Crippen LogP contribution in [0, 0.1) is 0 Å². The fourth-order valence-electron chi connectivity index (χ4n) is 2.36. The molecule has 0 aliphatic heterocycles. The number of hydrogen-bond donors (Lipinski definition) is 1. The molecule has 2 aromatic rings. The number of hydrogen-bond acceptors (Lipinski definition) is 5. The number of aliphatic carboxylic acids is 1. The molecule has 1 fully saturated rings. The smallest absolute Gasteiger partial charge is 0.411 e. The van der Waals surface area contributed by atoms with Crippen molar-refractivity contribution in [3.8, 4) is 0 Å². The van der Waals surface area contributed by atoms with Gasteiger partial charge in [-0.3, -0.25) is 4.90 Å². The minimum atomic E-state index is -1.10. The van der Waals surface area contributed by atoms with Crippen molar-refractivity contribution >= 4 is 23.4 Å². The van der Waals surface area contributed by atoms with Gasteiger partial charge in [-0.2, -0.15) is 0 Å². The molecule has 120 valence electrons. The van der Waals surface area contributed by atoms with Gasteiger partial charge in [0.25, 0.3) is 0 Å².